The number of fused-ring (bicyclic) bond motifs is 1. The van der Waals surface area contributed by atoms with Gasteiger partial charge in [-0.25, -0.2) is 9.67 Å². The summed E-state index contributed by atoms with van der Waals surface area (Å²) in [4.78, 5) is 16.7. The predicted molar refractivity (Wildman–Crippen MR) is 82.9 cm³/mol. The average Bonchev–Trinajstić information content (AvgIpc) is 3.20. The molecule has 3 aromatic rings. The van der Waals surface area contributed by atoms with Crippen molar-refractivity contribution in [2.24, 2.45) is 0 Å². The molecule has 114 valence electrons. The van der Waals surface area contributed by atoms with Crippen LogP contribution in [0.2, 0.25) is 0 Å². The van der Waals surface area contributed by atoms with E-state index in [2.05, 4.69) is 14.6 Å². The molecule has 0 saturated heterocycles. The Kier molecular flexibility index (Phi) is 3.29. The average molecular weight is 297 g/mol. The molecular weight excluding hydrogens is 278 g/mol. The van der Waals surface area contributed by atoms with Gasteiger partial charge in [0.15, 0.2) is 0 Å². The standard InChI is InChI=1S/C16H19N5O/c22-16-15-7-4-8-19(15)12-18-21(16)10-14-9-17-11-20(14)13-5-2-1-3-6-13/h4,7-9,11-13H,1-3,5-6,10H2. The summed E-state index contributed by atoms with van der Waals surface area (Å²) in [5, 5.41) is 4.27. The van der Waals surface area contributed by atoms with Gasteiger partial charge in [0.05, 0.1) is 24.8 Å². The van der Waals surface area contributed by atoms with E-state index in [1.165, 1.54) is 36.8 Å². The molecule has 4 rings (SSSR count). The lowest BCUT2D eigenvalue weighted by Crippen LogP contribution is -2.26. The van der Waals surface area contributed by atoms with E-state index in [-0.39, 0.29) is 5.56 Å². The van der Waals surface area contributed by atoms with Gasteiger partial charge in [0.2, 0.25) is 0 Å². The zero-order chi connectivity index (χ0) is 14.9. The summed E-state index contributed by atoms with van der Waals surface area (Å²) in [7, 11) is 0. The third-order valence-electron chi connectivity index (χ3n) is 4.57. The SMILES string of the molecule is O=c1c2cccn2cnn1Cc1cncn1C1CCCCC1. The van der Waals surface area contributed by atoms with Crippen LogP contribution in [0.3, 0.4) is 0 Å². The van der Waals surface area contributed by atoms with Crippen LogP contribution in [0.5, 0.6) is 0 Å². The summed E-state index contributed by atoms with van der Waals surface area (Å²) >= 11 is 0. The van der Waals surface area contributed by atoms with E-state index in [0.29, 0.717) is 18.1 Å². The monoisotopic (exact) mass is 297 g/mol. The molecule has 3 heterocycles. The van der Waals surface area contributed by atoms with Crippen molar-refractivity contribution in [3.8, 4) is 0 Å². The minimum atomic E-state index is -0.0658. The van der Waals surface area contributed by atoms with Gasteiger partial charge >= 0.3 is 0 Å². The van der Waals surface area contributed by atoms with Crippen molar-refractivity contribution < 1.29 is 0 Å². The highest BCUT2D eigenvalue weighted by atomic mass is 16.1. The summed E-state index contributed by atoms with van der Waals surface area (Å²) in [6, 6.07) is 4.19. The molecule has 22 heavy (non-hydrogen) atoms. The Balaban J connectivity index is 1.66. The molecule has 0 aromatic carbocycles. The van der Waals surface area contributed by atoms with Gasteiger partial charge in [-0.2, -0.15) is 5.10 Å². The quantitative estimate of drug-likeness (QED) is 0.745. The predicted octanol–water partition coefficient (Wildman–Crippen LogP) is 2.25. The Morgan fingerprint density at radius 1 is 1.18 bits per heavy atom. The van der Waals surface area contributed by atoms with Gasteiger partial charge in [-0.1, -0.05) is 19.3 Å². The molecule has 0 N–H and O–H groups in total. The first-order valence-electron chi connectivity index (χ1n) is 7.86. The molecule has 0 amide bonds. The number of hydrogen-bond acceptors (Lipinski definition) is 3. The molecule has 0 radical (unpaired) electrons. The van der Waals surface area contributed by atoms with Crippen LogP contribution in [0.1, 0.15) is 43.8 Å². The summed E-state index contributed by atoms with van der Waals surface area (Å²) in [5.74, 6) is 0. The van der Waals surface area contributed by atoms with Gasteiger partial charge in [0, 0.05) is 12.2 Å². The van der Waals surface area contributed by atoms with Crippen LogP contribution in [-0.4, -0.2) is 23.7 Å². The molecule has 1 aliphatic rings. The highest BCUT2D eigenvalue weighted by Crippen LogP contribution is 2.29. The highest BCUT2D eigenvalue weighted by Gasteiger charge is 2.18. The summed E-state index contributed by atoms with van der Waals surface area (Å²) in [6.45, 7) is 0.469. The fraction of sp³-hybridized carbons (Fsp3) is 0.438. The Morgan fingerprint density at radius 3 is 2.91 bits per heavy atom. The Morgan fingerprint density at radius 2 is 2.05 bits per heavy atom. The lowest BCUT2D eigenvalue weighted by atomic mass is 9.95. The van der Waals surface area contributed by atoms with E-state index in [4.69, 9.17) is 0 Å². The van der Waals surface area contributed by atoms with Gasteiger partial charge in [-0.3, -0.25) is 4.79 Å². The maximum atomic E-state index is 12.5. The van der Waals surface area contributed by atoms with Crippen molar-refractivity contribution >= 4 is 5.52 Å². The minimum Gasteiger partial charge on any atom is -0.330 e. The van der Waals surface area contributed by atoms with E-state index in [9.17, 15) is 4.79 Å². The van der Waals surface area contributed by atoms with Crippen molar-refractivity contribution in [3.05, 3.63) is 53.2 Å². The lowest BCUT2D eigenvalue weighted by molar-refractivity contribution is 0.343. The van der Waals surface area contributed by atoms with Gasteiger partial charge < -0.3 is 8.97 Å². The van der Waals surface area contributed by atoms with Gasteiger partial charge in [0.25, 0.3) is 5.56 Å². The van der Waals surface area contributed by atoms with Crippen LogP contribution >= 0.6 is 0 Å². The molecule has 3 aromatic heterocycles. The first-order chi connectivity index (χ1) is 10.8. The van der Waals surface area contributed by atoms with E-state index in [1.807, 2.05) is 30.9 Å². The van der Waals surface area contributed by atoms with Crippen molar-refractivity contribution in [3.63, 3.8) is 0 Å². The second-order valence-corrected chi connectivity index (χ2v) is 5.98. The van der Waals surface area contributed by atoms with Gasteiger partial charge in [-0.15, -0.1) is 0 Å². The van der Waals surface area contributed by atoms with Crippen molar-refractivity contribution in [2.75, 3.05) is 0 Å². The Labute approximate surface area is 128 Å². The molecule has 1 saturated carbocycles. The van der Waals surface area contributed by atoms with E-state index >= 15 is 0 Å². The third-order valence-corrected chi connectivity index (χ3v) is 4.57. The second-order valence-electron chi connectivity index (χ2n) is 5.98. The second kappa shape index (κ2) is 5.44. The summed E-state index contributed by atoms with van der Waals surface area (Å²) in [5.41, 5.74) is 1.64. The molecular formula is C16H19N5O. The van der Waals surface area contributed by atoms with Crippen LogP contribution in [0.15, 0.2) is 42.0 Å². The lowest BCUT2D eigenvalue weighted by Gasteiger charge is -2.24. The maximum Gasteiger partial charge on any atom is 0.291 e. The minimum absolute atomic E-state index is 0.0658. The number of aromatic nitrogens is 5. The van der Waals surface area contributed by atoms with Crippen LogP contribution in [0.25, 0.3) is 5.52 Å². The molecule has 1 fully saturated rings. The molecule has 1 aliphatic carbocycles. The first kappa shape index (κ1) is 13.3. The Bertz CT molecular complexity index is 837. The van der Waals surface area contributed by atoms with Crippen molar-refractivity contribution in [1.29, 1.82) is 0 Å². The zero-order valence-electron chi connectivity index (χ0n) is 12.4. The van der Waals surface area contributed by atoms with Gasteiger partial charge in [-0.05, 0) is 25.0 Å². The molecule has 6 nitrogen and oxygen atoms in total. The number of imidazole rings is 1. The molecule has 0 bridgehead atoms. The van der Waals surface area contributed by atoms with Crippen LogP contribution in [0.4, 0.5) is 0 Å². The van der Waals surface area contributed by atoms with Crippen LogP contribution in [-0.2, 0) is 6.54 Å². The molecule has 0 aliphatic heterocycles. The van der Waals surface area contributed by atoms with E-state index in [1.54, 1.807) is 10.7 Å². The van der Waals surface area contributed by atoms with E-state index < -0.39 is 0 Å². The molecule has 6 heteroatoms. The molecule has 0 spiro atoms. The molecule has 0 unspecified atom stereocenters. The summed E-state index contributed by atoms with van der Waals surface area (Å²) in [6.07, 6.45) is 13.5. The zero-order valence-corrected chi connectivity index (χ0v) is 12.4. The smallest absolute Gasteiger partial charge is 0.291 e. The number of hydrogen-bond donors (Lipinski definition) is 0. The summed E-state index contributed by atoms with van der Waals surface area (Å²) < 4.78 is 5.50. The topological polar surface area (TPSA) is 57.1 Å². The Hall–Kier alpha value is -2.37. The van der Waals surface area contributed by atoms with Crippen molar-refractivity contribution in [2.45, 2.75) is 44.7 Å². The maximum absolute atomic E-state index is 12.5. The third kappa shape index (κ3) is 2.24. The fourth-order valence-electron chi connectivity index (χ4n) is 3.39. The van der Waals surface area contributed by atoms with E-state index in [0.717, 1.165) is 5.69 Å². The first-order valence-corrected chi connectivity index (χ1v) is 7.86. The largest absolute Gasteiger partial charge is 0.330 e. The molecule has 0 atom stereocenters. The number of rotatable bonds is 3. The van der Waals surface area contributed by atoms with Crippen LogP contribution < -0.4 is 5.56 Å². The van der Waals surface area contributed by atoms with Gasteiger partial charge in [0.1, 0.15) is 11.8 Å². The fourth-order valence-corrected chi connectivity index (χ4v) is 3.39. The number of nitrogens with zero attached hydrogens (tertiary/aromatic N) is 5. The van der Waals surface area contributed by atoms with Crippen LogP contribution in [0, 0.1) is 0 Å². The van der Waals surface area contributed by atoms with Crippen molar-refractivity contribution in [1.82, 2.24) is 23.7 Å². The highest BCUT2D eigenvalue weighted by molar-refractivity contribution is 5.44. The normalized spacial score (nSPS) is 16.4.